The number of benzene rings is 1. The fourth-order valence-electron chi connectivity index (χ4n) is 2.72. The van der Waals surface area contributed by atoms with Gasteiger partial charge in [-0.15, -0.1) is 0 Å². The average molecular weight is 277 g/mol. The molecule has 1 fully saturated rings. The minimum Gasteiger partial charge on any atom is -0.493 e. The van der Waals surface area contributed by atoms with E-state index in [-0.39, 0.29) is 0 Å². The van der Waals surface area contributed by atoms with Crippen molar-refractivity contribution in [3.63, 3.8) is 0 Å². The molecule has 1 aromatic carbocycles. The Labute approximate surface area is 122 Å². The van der Waals surface area contributed by atoms with Gasteiger partial charge in [-0.1, -0.05) is 31.4 Å². The molecule has 2 rings (SSSR count). The minimum atomic E-state index is 0.557. The fraction of sp³-hybridized carbons (Fsp3) is 0.647. The molecular weight excluding hydrogens is 250 g/mol. The third-order valence-corrected chi connectivity index (χ3v) is 3.91. The largest absolute Gasteiger partial charge is 0.493 e. The highest BCUT2D eigenvalue weighted by Crippen LogP contribution is 2.23. The Morgan fingerprint density at radius 2 is 1.95 bits per heavy atom. The van der Waals surface area contributed by atoms with Gasteiger partial charge in [0.05, 0.1) is 6.61 Å². The number of nitrogens with two attached hydrogens (primary N) is 1. The molecule has 1 saturated carbocycles. The molecule has 1 aromatic rings. The molecule has 3 heteroatoms. The Morgan fingerprint density at radius 3 is 2.75 bits per heavy atom. The molecule has 0 heterocycles. The van der Waals surface area contributed by atoms with Gasteiger partial charge in [0.2, 0.25) is 0 Å². The van der Waals surface area contributed by atoms with E-state index in [2.05, 4.69) is 0 Å². The molecule has 0 atom stereocenters. The first-order valence-corrected chi connectivity index (χ1v) is 7.88. The highest BCUT2D eigenvalue weighted by Gasteiger charge is 2.12. The second-order valence-electron chi connectivity index (χ2n) is 5.63. The van der Waals surface area contributed by atoms with E-state index in [1.807, 2.05) is 24.3 Å². The van der Waals surface area contributed by atoms with Crippen LogP contribution < -0.4 is 10.5 Å². The van der Waals surface area contributed by atoms with Crippen molar-refractivity contribution in [2.75, 3.05) is 19.8 Å². The lowest BCUT2D eigenvalue weighted by Gasteiger charge is -2.21. The second kappa shape index (κ2) is 8.98. The first-order valence-electron chi connectivity index (χ1n) is 7.88. The van der Waals surface area contributed by atoms with Gasteiger partial charge in [0.1, 0.15) is 5.75 Å². The number of rotatable bonds is 8. The third-order valence-electron chi connectivity index (χ3n) is 3.91. The molecule has 1 aliphatic carbocycles. The van der Waals surface area contributed by atoms with Gasteiger partial charge in [-0.25, -0.2) is 0 Å². The van der Waals surface area contributed by atoms with Crippen molar-refractivity contribution < 1.29 is 9.47 Å². The molecule has 0 aliphatic heterocycles. The Hall–Kier alpha value is -1.06. The van der Waals surface area contributed by atoms with Crippen LogP contribution in [0.3, 0.4) is 0 Å². The van der Waals surface area contributed by atoms with E-state index in [0.717, 1.165) is 36.9 Å². The summed E-state index contributed by atoms with van der Waals surface area (Å²) in [6, 6.07) is 7.97. The van der Waals surface area contributed by atoms with Crippen LogP contribution in [0.1, 0.15) is 44.1 Å². The molecule has 0 saturated heterocycles. The van der Waals surface area contributed by atoms with E-state index >= 15 is 0 Å². The zero-order chi connectivity index (χ0) is 14.0. The van der Waals surface area contributed by atoms with E-state index in [1.165, 1.54) is 32.1 Å². The molecule has 0 unspecified atom stereocenters. The molecule has 0 amide bonds. The maximum Gasteiger partial charge on any atom is 0.119 e. The standard InChI is InChI=1S/C17H27NO2/c18-13-16-8-4-9-17(12-16)20-11-5-10-19-14-15-6-2-1-3-7-15/h4,8-9,12,15H,1-3,5-7,10-11,13-14,18H2. The smallest absolute Gasteiger partial charge is 0.119 e. The van der Waals surface area contributed by atoms with Crippen molar-refractivity contribution >= 4 is 0 Å². The second-order valence-corrected chi connectivity index (χ2v) is 5.63. The van der Waals surface area contributed by atoms with Gasteiger partial charge in [-0.05, 0) is 36.5 Å². The Bertz CT molecular complexity index is 375. The van der Waals surface area contributed by atoms with E-state index in [0.29, 0.717) is 13.2 Å². The first-order chi connectivity index (χ1) is 9.88. The van der Waals surface area contributed by atoms with E-state index in [9.17, 15) is 0 Å². The van der Waals surface area contributed by atoms with Crippen LogP contribution in [-0.2, 0) is 11.3 Å². The molecule has 0 bridgehead atoms. The van der Waals surface area contributed by atoms with Gasteiger partial charge in [0.15, 0.2) is 0 Å². The summed E-state index contributed by atoms with van der Waals surface area (Å²) in [7, 11) is 0. The van der Waals surface area contributed by atoms with Crippen molar-refractivity contribution in [2.24, 2.45) is 11.7 Å². The zero-order valence-electron chi connectivity index (χ0n) is 12.4. The summed E-state index contributed by atoms with van der Waals surface area (Å²) >= 11 is 0. The number of hydrogen-bond donors (Lipinski definition) is 1. The van der Waals surface area contributed by atoms with E-state index in [1.54, 1.807) is 0 Å². The molecule has 112 valence electrons. The molecule has 0 radical (unpaired) electrons. The summed E-state index contributed by atoms with van der Waals surface area (Å²) in [6.07, 6.45) is 7.82. The van der Waals surface area contributed by atoms with Crippen LogP contribution in [0.15, 0.2) is 24.3 Å². The SMILES string of the molecule is NCc1cccc(OCCCOCC2CCCCC2)c1. The van der Waals surface area contributed by atoms with Crippen LogP contribution >= 0.6 is 0 Å². The van der Waals surface area contributed by atoms with Gasteiger partial charge in [0.25, 0.3) is 0 Å². The quantitative estimate of drug-likeness (QED) is 0.740. The predicted molar refractivity (Wildman–Crippen MR) is 81.8 cm³/mol. The monoisotopic (exact) mass is 277 g/mol. The molecule has 20 heavy (non-hydrogen) atoms. The van der Waals surface area contributed by atoms with Crippen LogP contribution in [0.2, 0.25) is 0 Å². The van der Waals surface area contributed by atoms with Gasteiger partial charge >= 0.3 is 0 Å². The van der Waals surface area contributed by atoms with Crippen molar-refractivity contribution in [1.29, 1.82) is 0 Å². The minimum absolute atomic E-state index is 0.557. The highest BCUT2D eigenvalue weighted by atomic mass is 16.5. The predicted octanol–water partition coefficient (Wildman–Crippen LogP) is 3.51. The Kier molecular flexibility index (Phi) is 6.89. The lowest BCUT2D eigenvalue weighted by molar-refractivity contribution is 0.0766. The summed E-state index contributed by atoms with van der Waals surface area (Å²) in [5.41, 5.74) is 6.72. The summed E-state index contributed by atoms with van der Waals surface area (Å²) in [5.74, 6) is 1.70. The molecular formula is C17H27NO2. The topological polar surface area (TPSA) is 44.5 Å². The van der Waals surface area contributed by atoms with Crippen molar-refractivity contribution in [3.8, 4) is 5.75 Å². The van der Waals surface area contributed by atoms with Crippen molar-refractivity contribution in [2.45, 2.75) is 45.1 Å². The lowest BCUT2D eigenvalue weighted by Crippen LogP contribution is -2.14. The van der Waals surface area contributed by atoms with Crippen LogP contribution in [0, 0.1) is 5.92 Å². The molecule has 0 spiro atoms. The first kappa shape index (κ1) is 15.3. The maximum absolute atomic E-state index is 5.76. The lowest BCUT2D eigenvalue weighted by atomic mass is 9.90. The average Bonchev–Trinajstić information content (AvgIpc) is 2.52. The number of ether oxygens (including phenoxy) is 2. The van der Waals surface area contributed by atoms with Gasteiger partial charge < -0.3 is 15.2 Å². The normalized spacial score (nSPS) is 16.2. The zero-order valence-corrected chi connectivity index (χ0v) is 12.4. The molecule has 0 aromatic heterocycles. The van der Waals surface area contributed by atoms with Crippen molar-refractivity contribution in [3.05, 3.63) is 29.8 Å². The summed E-state index contributed by atoms with van der Waals surface area (Å²) < 4.78 is 11.5. The van der Waals surface area contributed by atoms with Crippen LogP contribution in [-0.4, -0.2) is 19.8 Å². The Morgan fingerprint density at radius 1 is 1.10 bits per heavy atom. The fourth-order valence-corrected chi connectivity index (χ4v) is 2.72. The molecule has 3 nitrogen and oxygen atoms in total. The van der Waals surface area contributed by atoms with Crippen LogP contribution in [0.4, 0.5) is 0 Å². The van der Waals surface area contributed by atoms with Gasteiger partial charge in [-0.2, -0.15) is 0 Å². The van der Waals surface area contributed by atoms with Gasteiger partial charge in [-0.3, -0.25) is 0 Å². The summed E-state index contributed by atoms with van der Waals surface area (Å²) in [4.78, 5) is 0. The third kappa shape index (κ3) is 5.51. The summed E-state index contributed by atoms with van der Waals surface area (Å²) in [5, 5.41) is 0. The highest BCUT2D eigenvalue weighted by molar-refractivity contribution is 5.28. The molecule has 2 N–H and O–H groups in total. The van der Waals surface area contributed by atoms with E-state index < -0.39 is 0 Å². The maximum atomic E-state index is 5.76. The van der Waals surface area contributed by atoms with E-state index in [4.69, 9.17) is 15.2 Å². The van der Waals surface area contributed by atoms with Crippen molar-refractivity contribution in [1.82, 2.24) is 0 Å². The van der Waals surface area contributed by atoms with Crippen LogP contribution in [0.25, 0.3) is 0 Å². The molecule has 1 aliphatic rings. The van der Waals surface area contributed by atoms with Crippen LogP contribution in [0.5, 0.6) is 5.75 Å². The summed E-state index contributed by atoms with van der Waals surface area (Å²) in [6.45, 7) is 3.00. The Balaban J connectivity index is 1.52. The van der Waals surface area contributed by atoms with Gasteiger partial charge in [0, 0.05) is 26.2 Å². The number of hydrogen-bond acceptors (Lipinski definition) is 3.